The summed E-state index contributed by atoms with van der Waals surface area (Å²) in [6.45, 7) is 0.210. The summed E-state index contributed by atoms with van der Waals surface area (Å²) in [6, 6.07) is 11.7. The van der Waals surface area contributed by atoms with Crippen molar-refractivity contribution in [3.05, 3.63) is 42.1 Å². The average molecular weight is 219 g/mol. The van der Waals surface area contributed by atoms with Crippen LogP contribution in [0.3, 0.4) is 0 Å². The molecule has 3 nitrogen and oxygen atoms in total. The maximum atomic E-state index is 12.3. The van der Waals surface area contributed by atoms with Gasteiger partial charge in [-0.3, -0.25) is 4.68 Å². The Morgan fingerprint density at radius 3 is 2.62 bits per heavy atom. The van der Waals surface area contributed by atoms with Crippen LogP contribution in [-0.2, 0) is 13.1 Å². The highest BCUT2D eigenvalue weighted by atomic mass is 19.1. The highest BCUT2D eigenvalue weighted by Crippen LogP contribution is 2.18. The molecule has 1 aromatic carbocycles. The number of alkyl halides is 1. The zero-order valence-corrected chi connectivity index (χ0v) is 8.94. The standard InChI is InChI=1S/C12H14FN3/c13-6-7-16-11(9-14)8-12(15-16)10-4-2-1-3-5-10/h1-5,8H,6-7,9,14H2. The van der Waals surface area contributed by atoms with E-state index in [4.69, 9.17) is 5.73 Å². The molecule has 2 N–H and O–H groups in total. The highest BCUT2D eigenvalue weighted by Gasteiger charge is 2.07. The zero-order valence-electron chi connectivity index (χ0n) is 8.94. The molecule has 1 heterocycles. The van der Waals surface area contributed by atoms with Gasteiger partial charge < -0.3 is 5.73 Å². The van der Waals surface area contributed by atoms with Gasteiger partial charge in [0.2, 0.25) is 0 Å². The molecule has 1 aromatic heterocycles. The third-order valence-corrected chi connectivity index (χ3v) is 2.44. The molecule has 0 bridgehead atoms. The van der Waals surface area contributed by atoms with Crippen molar-refractivity contribution in [3.63, 3.8) is 0 Å². The topological polar surface area (TPSA) is 43.8 Å². The van der Waals surface area contributed by atoms with Gasteiger partial charge in [-0.05, 0) is 6.07 Å². The largest absolute Gasteiger partial charge is 0.325 e. The van der Waals surface area contributed by atoms with Crippen LogP contribution in [0.2, 0.25) is 0 Å². The molecule has 0 fully saturated rings. The predicted molar refractivity (Wildman–Crippen MR) is 61.5 cm³/mol. The quantitative estimate of drug-likeness (QED) is 0.854. The Morgan fingerprint density at radius 2 is 2.00 bits per heavy atom. The minimum absolute atomic E-state index is 0.263. The summed E-state index contributed by atoms with van der Waals surface area (Å²) in [5, 5.41) is 4.34. The first-order chi connectivity index (χ1) is 7.85. The Kier molecular flexibility index (Phi) is 3.31. The van der Waals surface area contributed by atoms with Crippen LogP contribution >= 0.6 is 0 Å². The van der Waals surface area contributed by atoms with Crippen molar-refractivity contribution in [3.8, 4) is 11.3 Å². The van der Waals surface area contributed by atoms with Crippen molar-refractivity contribution in [2.24, 2.45) is 5.73 Å². The number of halogens is 1. The molecule has 2 aromatic rings. The number of nitrogens with zero attached hydrogens (tertiary/aromatic N) is 2. The van der Waals surface area contributed by atoms with Gasteiger partial charge in [-0.1, -0.05) is 30.3 Å². The van der Waals surface area contributed by atoms with Gasteiger partial charge >= 0.3 is 0 Å². The van der Waals surface area contributed by atoms with Crippen molar-refractivity contribution >= 4 is 0 Å². The van der Waals surface area contributed by atoms with Crippen LogP contribution in [0.4, 0.5) is 4.39 Å². The van der Waals surface area contributed by atoms with E-state index in [0.29, 0.717) is 6.54 Å². The lowest BCUT2D eigenvalue weighted by Crippen LogP contribution is -2.09. The molecule has 4 heteroatoms. The van der Waals surface area contributed by atoms with Crippen LogP contribution in [0.15, 0.2) is 36.4 Å². The Hall–Kier alpha value is -1.68. The second kappa shape index (κ2) is 4.90. The third-order valence-electron chi connectivity index (χ3n) is 2.44. The summed E-state index contributed by atoms with van der Waals surface area (Å²) >= 11 is 0. The van der Waals surface area contributed by atoms with Gasteiger partial charge in [0.15, 0.2) is 0 Å². The van der Waals surface area contributed by atoms with Gasteiger partial charge in [0.25, 0.3) is 0 Å². The number of aryl methyl sites for hydroxylation is 1. The normalized spacial score (nSPS) is 10.6. The van der Waals surface area contributed by atoms with E-state index in [-0.39, 0.29) is 6.54 Å². The first kappa shape index (κ1) is 10.8. The van der Waals surface area contributed by atoms with Gasteiger partial charge in [0.1, 0.15) is 6.67 Å². The lowest BCUT2D eigenvalue weighted by molar-refractivity contribution is 0.421. The minimum Gasteiger partial charge on any atom is -0.325 e. The molecule has 0 atom stereocenters. The second-order valence-electron chi connectivity index (χ2n) is 3.50. The van der Waals surface area contributed by atoms with E-state index < -0.39 is 6.67 Å². The van der Waals surface area contributed by atoms with E-state index in [0.717, 1.165) is 17.0 Å². The van der Waals surface area contributed by atoms with E-state index in [1.807, 2.05) is 36.4 Å². The van der Waals surface area contributed by atoms with E-state index >= 15 is 0 Å². The van der Waals surface area contributed by atoms with Gasteiger partial charge in [-0.25, -0.2) is 4.39 Å². The number of nitrogens with two attached hydrogens (primary N) is 1. The van der Waals surface area contributed by atoms with Crippen molar-refractivity contribution in [2.45, 2.75) is 13.1 Å². The average Bonchev–Trinajstić information content (AvgIpc) is 2.74. The minimum atomic E-state index is -0.428. The Morgan fingerprint density at radius 1 is 1.25 bits per heavy atom. The van der Waals surface area contributed by atoms with Crippen LogP contribution in [-0.4, -0.2) is 16.5 Å². The van der Waals surface area contributed by atoms with Gasteiger partial charge in [-0.15, -0.1) is 0 Å². The molecular weight excluding hydrogens is 205 g/mol. The molecule has 0 aliphatic heterocycles. The van der Waals surface area contributed by atoms with Crippen molar-refractivity contribution in [1.29, 1.82) is 0 Å². The summed E-state index contributed by atoms with van der Waals surface area (Å²) in [7, 11) is 0. The highest BCUT2D eigenvalue weighted by molar-refractivity contribution is 5.59. The smallest absolute Gasteiger partial charge is 0.109 e. The molecular formula is C12H14FN3. The summed E-state index contributed by atoms with van der Waals surface area (Å²) in [5.41, 5.74) is 8.31. The first-order valence-electron chi connectivity index (χ1n) is 5.23. The number of hydrogen-bond donors (Lipinski definition) is 1. The predicted octanol–water partition coefficient (Wildman–Crippen LogP) is 1.98. The molecule has 0 amide bonds. The van der Waals surface area contributed by atoms with E-state index in [2.05, 4.69) is 5.10 Å². The SMILES string of the molecule is NCc1cc(-c2ccccc2)nn1CCF. The number of hydrogen-bond acceptors (Lipinski definition) is 2. The fourth-order valence-electron chi connectivity index (χ4n) is 1.64. The molecule has 0 saturated heterocycles. The van der Waals surface area contributed by atoms with Gasteiger partial charge in [0, 0.05) is 12.1 Å². The molecule has 0 radical (unpaired) electrons. The lowest BCUT2D eigenvalue weighted by Gasteiger charge is -2.00. The summed E-state index contributed by atoms with van der Waals surface area (Å²) in [4.78, 5) is 0. The monoisotopic (exact) mass is 219 g/mol. The summed E-state index contributed by atoms with van der Waals surface area (Å²) in [5.74, 6) is 0. The van der Waals surface area contributed by atoms with E-state index in [1.165, 1.54) is 0 Å². The zero-order chi connectivity index (χ0) is 11.4. The fraction of sp³-hybridized carbons (Fsp3) is 0.250. The van der Waals surface area contributed by atoms with Crippen LogP contribution in [0.5, 0.6) is 0 Å². The Bertz CT molecular complexity index is 451. The van der Waals surface area contributed by atoms with Crippen LogP contribution < -0.4 is 5.73 Å². The van der Waals surface area contributed by atoms with Crippen LogP contribution in [0, 0.1) is 0 Å². The van der Waals surface area contributed by atoms with Crippen molar-refractivity contribution in [1.82, 2.24) is 9.78 Å². The third kappa shape index (κ3) is 2.12. The molecule has 0 aliphatic carbocycles. The van der Waals surface area contributed by atoms with E-state index in [1.54, 1.807) is 4.68 Å². The maximum Gasteiger partial charge on any atom is 0.109 e. The van der Waals surface area contributed by atoms with E-state index in [9.17, 15) is 4.39 Å². The van der Waals surface area contributed by atoms with Gasteiger partial charge in [-0.2, -0.15) is 5.10 Å². The van der Waals surface area contributed by atoms with Crippen molar-refractivity contribution < 1.29 is 4.39 Å². The molecule has 16 heavy (non-hydrogen) atoms. The van der Waals surface area contributed by atoms with Crippen molar-refractivity contribution in [2.75, 3.05) is 6.67 Å². The molecule has 0 spiro atoms. The molecule has 0 aliphatic rings. The Balaban J connectivity index is 2.36. The molecule has 84 valence electrons. The lowest BCUT2D eigenvalue weighted by atomic mass is 10.1. The fourth-order valence-corrected chi connectivity index (χ4v) is 1.64. The Labute approximate surface area is 93.7 Å². The van der Waals surface area contributed by atoms with Gasteiger partial charge in [0.05, 0.1) is 17.9 Å². The number of rotatable bonds is 4. The summed E-state index contributed by atoms with van der Waals surface area (Å²) in [6.07, 6.45) is 0. The van der Waals surface area contributed by atoms with Crippen LogP contribution in [0.1, 0.15) is 5.69 Å². The first-order valence-corrected chi connectivity index (χ1v) is 5.23. The number of benzene rings is 1. The molecule has 2 rings (SSSR count). The molecule has 0 unspecified atom stereocenters. The van der Waals surface area contributed by atoms with Crippen LogP contribution in [0.25, 0.3) is 11.3 Å². The molecule has 0 saturated carbocycles. The summed E-state index contributed by atoms with van der Waals surface area (Å²) < 4.78 is 13.9. The number of aromatic nitrogens is 2. The maximum absolute atomic E-state index is 12.3. The second-order valence-corrected chi connectivity index (χ2v) is 3.50.